The fourth-order valence-corrected chi connectivity index (χ4v) is 2.24. The minimum absolute atomic E-state index is 0.0527. The second kappa shape index (κ2) is 4.11. The summed E-state index contributed by atoms with van der Waals surface area (Å²) in [6.07, 6.45) is 2.03. The Morgan fingerprint density at radius 3 is 2.50 bits per heavy atom. The summed E-state index contributed by atoms with van der Waals surface area (Å²) in [7, 11) is 0. The highest BCUT2D eigenvalue weighted by molar-refractivity contribution is 5.26. The molecule has 0 unspecified atom stereocenters. The molecule has 0 bridgehead atoms. The molecule has 0 heterocycles. The lowest BCUT2D eigenvalue weighted by molar-refractivity contribution is -0.00826. The highest BCUT2D eigenvalue weighted by Gasteiger charge is 2.36. The molecular formula is C12H15F2NO. The summed E-state index contributed by atoms with van der Waals surface area (Å²) < 4.78 is 26.6. The van der Waals surface area contributed by atoms with E-state index in [9.17, 15) is 13.9 Å². The first-order valence-electron chi connectivity index (χ1n) is 5.45. The van der Waals surface area contributed by atoms with Gasteiger partial charge in [-0.3, -0.25) is 0 Å². The summed E-state index contributed by atoms with van der Waals surface area (Å²) in [5.41, 5.74) is 4.52. The quantitative estimate of drug-likeness (QED) is 0.771. The molecule has 0 aliphatic heterocycles. The van der Waals surface area contributed by atoms with Gasteiger partial charge in [0, 0.05) is 11.6 Å². The minimum atomic E-state index is -1.26. The van der Waals surface area contributed by atoms with Crippen molar-refractivity contribution in [3.63, 3.8) is 0 Å². The normalized spacial score (nSPS) is 30.4. The number of benzene rings is 1. The SMILES string of the molecule is NC1CCC(O)(c2cc(F)ccc2F)CC1. The zero-order chi connectivity index (χ0) is 11.8. The van der Waals surface area contributed by atoms with Gasteiger partial charge < -0.3 is 10.8 Å². The molecule has 1 fully saturated rings. The Morgan fingerprint density at radius 2 is 1.88 bits per heavy atom. The third-order valence-electron chi connectivity index (χ3n) is 3.29. The summed E-state index contributed by atoms with van der Waals surface area (Å²) in [6.45, 7) is 0. The lowest BCUT2D eigenvalue weighted by atomic mass is 9.78. The highest BCUT2D eigenvalue weighted by Crippen LogP contribution is 2.37. The molecule has 0 saturated heterocycles. The Balaban J connectivity index is 2.32. The second-order valence-electron chi connectivity index (χ2n) is 4.49. The van der Waals surface area contributed by atoms with Crippen LogP contribution >= 0.6 is 0 Å². The first-order chi connectivity index (χ1) is 7.51. The van der Waals surface area contributed by atoms with Crippen molar-refractivity contribution in [3.8, 4) is 0 Å². The van der Waals surface area contributed by atoms with Gasteiger partial charge in [0.2, 0.25) is 0 Å². The highest BCUT2D eigenvalue weighted by atomic mass is 19.1. The molecule has 0 aromatic heterocycles. The standard InChI is InChI=1S/C12H15F2NO/c13-8-1-2-11(14)10(7-8)12(16)5-3-9(15)4-6-12/h1-2,7,9,16H,3-6,15H2. The van der Waals surface area contributed by atoms with Crippen molar-refractivity contribution in [3.05, 3.63) is 35.4 Å². The number of nitrogens with two attached hydrogens (primary N) is 1. The fraction of sp³-hybridized carbons (Fsp3) is 0.500. The Labute approximate surface area is 93.1 Å². The van der Waals surface area contributed by atoms with E-state index in [0.717, 1.165) is 18.2 Å². The topological polar surface area (TPSA) is 46.2 Å². The summed E-state index contributed by atoms with van der Waals surface area (Å²) in [4.78, 5) is 0. The van der Waals surface area contributed by atoms with E-state index in [1.165, 1.54) is 0 Å². The van der Waals surface area contributed by atoms with Crippen LogP contribution in [0, 0.1) is 11.6 Å². The van der Waals surface area contributed by atoms with Crippen LogP contribution in [-0.4, -0.2) is 11.1 Å². The van der Waals surface area contributed by atoms with Gasteiger partial charge in [-0.25, -0.2) is 8.78 Å². The smallest absolute Gasteiger partial charge is 0.129 e. The third kappa shape index (κ3) is 2.08. The average Bonchev–Trinajstić information content (AvgIpc) is 2.26. The van der Waals surface area contributed by atoms with E-state index in [1.807, 2.05) is 0 Å². The number of hydrogen-bond donors (Lipinski definition) is 2. The molecule has 4 heteroatoms. The number of aliphatic hydroxyl groups is 1. The maximum absolute atomic E-state index is 13.5. The lowest BCUT2D eigenvalue weighted by Crippen LogP contribution is -2.37. The van der Waals surface area contributed by atoms with Crippen LogP contribution in [0.3, 0.4) is 0 Å². The van der Waals surface area contributed by atoms with E-state index in [1.54, 1.807) is 0 Å². The van der Waals surface area contributed by atoms with Crippen LogP contribution in [0.4, 0.5) is 8.78 Å². The summed E-state index contributed by atoms with van der Waals surface area (Å²) in [6, 6.07) is 3.23. The van der Waals surface area contributed by atoms with Crippen LogP contribution in [0.25, 0.3) is 0 Å². The molecule has 2 rings (SSSR count). The Bertz CT molecular complexity index is 387. The molecule has 2 nitrogen and oxygen atoms in total. The van der Waals surface area contributed by atoms with Gasteiger partial charge in [-0.05, 0) is 43.9 Å². The molecule has 0 amide bonds. The van der Waals surface area contributed by atoms with E-state index in [-0.39, 0.29) is 11.6 Å². The van der Waals surface area contributed by atoms with E-state index < -0.39 is 17.2 Å². The number of rotatable bonds is 1. The Morgan fingerprint density at radius 1 is 1.25 bits per heavy atom. The van der Waals surface area contributed by atoms with Crippen molar-refractivity contribution < 1.29 is 13.9 Å². The van der Waals surface area contributed by atoms with Crippen LogP contribution in [-0.2, 0) is 5.60 Å². The molecule has 1 aromatic rings. The molecule has 16 heavy (non-hydrogen) atoms. The Hall–Kier alpha value is -1.00. The van der Waals surface area contributed by atoms with Crippen LogP contribution in [0.5, 0.6) is 0 Å². The first kappa shape index (κ1) is 11.5. The molecule has 1 aromatic carbocycles. The van der Waals surface area contributed by atoms with Crippen LogP contribution in [0.2, 0.25) is 0 Å². The minimum Gasteiger partial charge on any atom is -0.385 e. The van der Waals surface area contributed by atoms with Crippen molar-refractivity contribution in [2.75, 3.05) is 0 Å². The van der Waals surface area contributed by atoms with Gasteiger partial charge in [-0.1, -0.05) is 0 Å². The van der Waals surface area contributed by atoms with E-state index in [0.29, 0.717) is 25.7 Å². The van der Waals surface area contributed by atoms with Gasteiger partial charge in [-0.2, -0.15) is 0 Å². The molecule has 1 aliphatic carbocycles. The molecule has 88 valence electrons. The van der Waals surface area contributed by atoms with Crippen LogP contribution in [0.1, 0.15) is 31.2 Å². The average molecular weight is 227 g/mol. The van der Waals surface area contributed by atoms with Crippen molar-refractivity contribution in [2.24, 2.45) is 5.73 Å². The molecule has 3 N–H and O–H groups in total. The maximum atomic E-state index is 13.5. The monoisotopic (exact) mass is 227 g/mol. The molecule has 0 spiro atoms. The molecule has 0 radical (unpaired) electrons. The first-order valence-corrected chi connectivity index (χ1v) is 5.45. The van der Waals surface area contributed by atoms with Crippen LogP contribution in [0.15, 0.2) is 18.2 Å². The molecule has 0 atom stereocenters. The van der Waals surface area contributed by atoms with E-state index in [4.69, 9.17) is 5.73 Å². The summed E-state index contributed by atoms with van der Waals surface area (Å²) in [5.74, 6) is -1.08. The summed E-state index contributed by atoms with van der Waals surface area (Å²) >= 11 is 0. The van der Waals surface area contributed by atoms with Gasteiger partial charge >= 0.3 is 0 Å². The van der Waals surface area contributed by atoms with Gasteiger partial charge in [0.25, 0.3) is 0 Å². The number of hydrogen-bond acceptors (Lipinski definition) is 2. The van der Waals surface area contributed by atoms with Crippen molar-refractivity contribution in [1.29, 1.82) is 0 Å². The zero-order valence-electron chi connectivity index (χ0n) is 8.92. The predicted molar refractivity (Wildman–Crippen MR) is 56.7 cm³/mol. The van der Waals surface area contributed by atoms with E-state index >= 15 is 0 Å². The van der Waals surface area contributed by atoms with Gasteiger partial charge in [0.05, 0.1) is 5.60 Å². The second-order valence-corrected chi connectivity index (χ2v) is 4.49. The fourth-order valence-electron chi connectivity index (χ4n) is 2.24. The maximum Gasteiger partial charge on any atom is 0.129 e. The van der Waals surface area contributed by atoms with Crippen LogP contribution < -0.4 is 5.73 Å². The molecule has 1 aliphatic rings. The largest absolute Gasteiger partial charge is 0.385 e. The van der Waals surface area contributed by atoms with Gasteiger partial charge in [0.15, 0.2) is 0 Å². The van der Waals surface area contributed by atoms with Gasteiger partial charge in [0.1, 0.15) is 11.6 Å². The summed E-state index contributed by atoms with van der Waals surface area (Å²) in [5, 5.41) is 10.3. The number of halogens is 2. The van der Waals surface area contributed by atoms with Crippen molar-refractivity contribution >= 4 is 0 Å². The van der Waals surface area contributed by atoms with E-state index in [2.05, 4.69) is 0 Å². The lowest BCUT2D eigenvalue weighted by Gasteiger charge is -2.35. The third-order valence-corrected chi connectivity index (χ3v) is 3.29. The Kier molecular flexibility index (Phi) is 2.95. The van der Waals surface area contributed by atoms with Crippen molar-refractivity contribution in [2.45, 2.75) is 37.3 Å². The predicted octanol–water partition coefficient (Wildman–Crippen LogP) is 2.05. The zero-order valence-corrected chi connectivity index (χ0v) is 8.92. The van der Waals surface area contributed by atoms with Crippen molar-refractivity contribution in [1.82, 2.24) is 0 Å². The van der Waals surface area contributed by atoms with Gasteiger partial charge in [-0.15, -0.1) is 0 Å². The molecule has 1 saturated carbocycles. The molecular weight excluding hydrogens is 212 g/mol.